The molecule has 13 heteroatoms. The molecule has 3 aromatic rings. The van der Waals surface area contributed by atoms with Gasteiger partial charge in [0.05, 0.1) is 17.7 Å². The summed E-state index contributed by atoms with van der Waals surface area (Å²) in [5, 5.41) is 3.76. The predicted molar refractivity (Wildman–Crippen MR) is 112 cm³/mol. The number of halogens is 5. The van der Waals surface area contributed by atoms with Crippen LogP contribution in [0, 0.1) is 0 Å². The number of thioether (sulfide) groups is 1. The maximum absolute atomic E-state index is 12.9. The van der Waals surface area contributed by atoms with Gasteiger partial charge in [0.15, 0.2) is 0 Å². The normalized spacial score (nSPS) is 15.2. The van der Waals surface area contributed by atoms with E-state index in [-0.39, 0.29) is 52.1 Å². The fourth-order valence-electron chi connectivity index (χ4n) is 3.47. The number of alkyl halides is 5. The Morgan fingerprint density at radius 3 is 2.59 bits per heavy atom. The average Bonchev–Trinajstić information content (AvgIpc) is 3.27. The molecule has 0 unspecified atom stereocenters. The summed E-state index contributed by atoms with van der Waals surface area (Å²) in [7, 11) is 0. The number of hydrogen-bond donors (Lipinski definition) is 0. The minimum Gasteiger partial charge on any atom is -0.338 e. The van der Waals surface area contributed by atoms with Crippen LogP contribution in [-0.4, -0.2) is 62.8 Å². The lowest BCUT2D eigenvalue weighted by Crippen LogP contribution is -2.48. The number of nitrogens with zero attached hydrogens (tertiary/aromatic N) is 5. The number of rotatable bonds is 6. The van der Waals surface area contributed by atoms with Crippen LogP contribution in [0.25, 0.3) is 11.4 Å². The van der Waals surface area contributed by atoms with Crippen molar-refractivity contribution >= 4 is 17.7 Å². The zero-order valence-electron chi connectivity index (χ0n) is 17.5. The van der Waals surface area contributed by atoms with E-state index < -0.39 is 17.5 Å². The van der Waals surface area contributed by atoms with Crippen LogP contribution >= 0.6 is 11.8 Å². The van der Waals surface area contributed by atoms with Crippen LogP contribution in [0.2, 0.25) is 0 Å². The zero-order valence-corrected chi connectivity index (χ0v) is 18.3. The van der Waals surface area contributed by atoms with Gasteiger partial charge in [0, 0.05) is 37.9 Å². The van der Waals surface area contributed by atoms with Crippen LogP contribution in [0.15, 0.2) is 52.1 Å². The second-order valence-corrected chi connectivity index (χ2v) is 8.37. The molecule has 1 saturated heterocycles. The first kappa shape index (κ1) is 24.1. The number of pyridine rings is 1. The highest BCUT2D eigenvalue weighted by atomic mass is 32.2. The summed E-state index contributed by atoms with van der Waals surface area (Å²) in [5.74, 6) is -2.78. The number of aromatic nitrogens is 3. The van der Waals surface area contributed by atoms with Gasteiger partial charge in [-0.2, -0.15) is 26.9 Å². The van der Waals surface area contributed by atoms with E-state index >= 15 is 0 Å². The van der Waals surface area contributed by atoms with Crippen molar-refractivity contribution in [1.29, 1.82) is 0 Å². The van der Waals surface area contributed by atoms with Gasteiger partial charge >= 0.3 is 6.18 Å². The smallest absolute Gasteiger partial charge is 0.338 e. The highest BCUT2D eigenvalue weighted by Crippen LogP contribution is 2.31. The van der Waals surface area contributed by atoms with E-state index in [2.05, 4.69) is 15.1 Å². The number of piperazine rings is 1. The molecule has 1 fully saturated rings. The molecular formula is C21H18F5N5O2S. The van der Waals surface area contributed by atoms with E-state index in [0.29, 0.717) is 26.2 Å². The Kier molecular flexibility index (Phi) is 7.12. The van der Waals surface area contributed by atoms with Gasteiger partial charge < -0.3 is 9.42 Å². The molecular weight excluding hydrogens is 481 g/mol. The van der Waals surface area contributed by atoms with Crippen molar-refractivity contribution in [3.05, 3.63) is 59.6 Å². The SMILES string of the molecule is O=C(c1cccnc1SC(F)F)N1CCN(Cc2nc(-c3cccc(C(F)(F)F)c3)no2)CC1. The molecule has 0 N–H and O–H groups in total. The lowest BCUT2D eigenvalue weighted by atomic mass is 10.1. The summed E-state index contributed by atoms with van der Waals surface area (Å²) in [6.07, 6.45) is -3.12. The van der Waals surface area contributed by atoms with E-state index in [1.165, 1.54) is 30.5 Å². The standard InChI is InChI=1S/C21H18F5N5O2S/c22-20(23)34-18-15(5-2-6-27-18)19(32)31-9-7-30(8-10-31)12-16-28-17(29-33-16)13-3-1-4-14(11-13)21(24,25)26/h1-6,11,20H,7-10,12H2. The maximum Gasteiger partial charge on any atom is 0.416 e. The van der Waals surface area contributed by atoms with Crippen molar-refractivity contribution in [3.8, 4) is 11.4 Å². The third-order valence-electron chi connectivity index (χ3n) is 5.14. The van der Waals surface area contributed by atoms with Crippen molar-refractivity contribution in [2.24, 2.45) is 0 Å². The van der Waals surface area contributed by atoms with Crippen molar-refractivity contribution < 1.29 is 31.3 Å². The topological polar surface area (TPSA) is 75.4 Å². The predicted octanol–water partition coefficient (Wildman–Crippen LogP) is 4.42. The molecule has 34 heavy (non-hydrogen) atoms. The number of carbonyl (C=O) groups is 1. The van der Waals surface area contributed by atoms with E-state index in [0.717, 1.165) is 12.1 Å². The summed E-state index contributed by atoms with van der Waals surface area (Å²) in [6, 6.07) is 7.66. The molecule has 1 aliphatic heterocycles. The molecule has 4 rings (SSSR count). The minimum atomic E-state index is -4.48. The van der Waals surface area contributed by atoms with Crippen molar-refractivity contribution in [2.75, 3.05) is 26.2 Å². The summed E-state index contributed by atoms with van der Waals surface area (Å²) in [5.41, 5.74) is -0.487. The highest BCUT2D eigenvalue weighted by Gasteiger charge is 2.31. The Bertz CT molecular complexity index is 1150. The van der Waals surface area contributed by atoms with E-state index in [1.807, 2.05) is 4.90 Å². The highest BCUT2D eigenvalue weighted by molar-refractivity contribution is 7.99. The van der Waals surface area contributed by atoms with Gasteiger partial charge in [-0.25, -0.2) is 4.98 Å². The van der Waals surface area contributed by atoms with Crippen molar-refractivity contribution in [2.45, 2.75) is 23.5 Å². The number of amides is 1. The molecule has 3 heterocycles. The quantitative estimate of drug-likeness (QED) is 0.367. The Morgan fingerprint density at radius 2 is 1.88 bits per heavy atom. The van der Waals surface area contributed by atoms with Crippen LogP contribution in [-0.2, 0) is 12.7 Å². The number of benzene rings is 1. The van der Waals surface area contributed by atoms with E-state index in [4.69, 9.17) is 4.52 Å². The summed E-state index contributed by atoms with van der Waals surface area (Å²) in [6.45, 7) is 1.88. The monoisotopic (exact) mass is 499 g/mol. The van der Waals surface area contributed by atoms with Gasteiger partial charge in [0.25, 0.3) is 11.7 Å². The van der Waals surface area contributed by atoms with Gasteiger partial charge in [-0.3, -0.25) is 9.69 Å². The van der Waals surface area contributed by atoms with Gasteiger partial charge in [0.1, 0.15) is 5.03 Å². The first-order chi connectivity index (χ1) is 16.2. The molecule has 0 aliphatic carbocycles. The Balaban J connectivity index is 1.36. The van der Waals surface area contributed by atoms with Gasteiger partial charge in [-0.15, -0.1) is 0 Å². The van der Waals surface area contributed by atoms with Crippen LogP contribution in [0.5, 0.6) is 0 Å². The van der Waals surface area contributed by atoms with Crippen molar-refractivity contribution in [1.82, 2.24) is 24.9 Å². The molecule has 0 bridgehead atoms. The maximum atomic E-state index is 12.9. The molecule has 2 aromatic heterocycles. The molecule has 1 aliphatic rings. The lowest BCUT2D eigenvalue weighted by molar-refractivity contribution is -0.137. The molecule has 0 radical (unpaired) electrons. The average molecular weight is 499 g/mol. The molecule has 0 atom stereocenters. The van der Waals surface area contributed by atoms with Gasteiger partial charge in [0.2, 0.25) is 11.7 Å². The summed E-state index contributed by atoms with van der Waals surface area (Å²) >= 11 is 0.230. The fourth-order valence-corrected chi connectivity index (χ4v) is 4.05. The molecule has 180 valence electrons. The van der Waals surface area contributed by atoms with Crippen molar-refractivity contribution in [3.63, 3.8) is 0 Å². The zero-order chi connectivity index (χ0) is 24.3. The molecule has 1 amide bonds. The molecule has 7 nitrogen and oxygen atoms in total. The Labute approximate surface area is 194 Å². The van der Waals surface area contributed by atoms with E-state index in [1.54, 1.807) is 4.90 Å². The third-order valence-corrected chi connectivity index (χ3v) is 5.86. The number of hydrogen-bond acceptors (Lipinski definition) is 7. The fraction of sp³-hybridized carbons (Fsp3) is 0.333. The Hall–Kier alpha value is -3.06. The largest absolute Gasteiger partial charge is 0.416 e. The van der Waals surface area contributed by atoms with E-state index in [9.17, 15) is 26.7 Å². The first-order valence-electron chi connectivity index (χ1n) is 10.1. The minimum absolute atomic E-state index is 0.0158. The van der Waals surface area contributed by atoms with Crippen LogP contribution < -0.4 is 0 Å². The van der Waals surface area contributed by atoms with Crippen LogP contribution in [0.4, 0.5) is 22.0 Å². The second kappa shape index (κ2) is 10.1. The molecule has 0 saturated carbocycles. The first-order valence-corrected chi connectivity index (χ1v) is 11.0. The summed E-state index contributed by atoms with van der Waals surface area (Å²) < 4.78 is 69.5. The van der Waals surface area contributed by atoms with Gasteiger partial charge in [-0.05, 0) is 36.0 Å². The number of carbonyl (C=O) groups excluding carboxylic acids is 1. The van der Waals surface area contributed by atoms with Gasteiger partial charge in [-0.1, -0.05) is 17.3 Å². The molecule has 0 spiro atoms. The van der Waals surface area contributed by atoms with Crippen LogP contribution in [0.3, 0.4) is 0 Å². The van der Waals surface area contributed by atoms with Crippen LogP contribution in [0.1, 0.15) is 21.8 Å². The second-order valence-electron chi connectivity index (χ2n) is 7.39. The lowest BCUT2D eigenvalue weighted by Gasteiger charge is -2.34. The molecule has 1 aromatic carbocycles. The summed E-state index contributed by atoms with van der Waals surface area (Å²) in [4.78, 5) is 24.4. The Morgan fingerprint density at radius 1 is 1.12 bits per heavy atom. The third kappa shape index (κ3) is 5.70.